The summed E-state index contributed by atoms with van der Waals surface area (Å²) >= 11 is 0. The molecule has 2 aliphatic heterocycles. The lowest BCUT2D eigenvalue weighted by atomic mass is 9.90. The van der Waals surface area contributed by atoms with Crippen LogP contribution in [-0.2, 0) is 16.0 Å². The Labute approximate surface area is 156 Å². The Balaban J connectivity index is 1.35. The van der Waals surface area contributed by atoms with Crippen LogP contribution in [0.1, 0.15) is 37.7 Å². The second-order valence-corrected chi connectivity index (χ2v) is 7.80. The van der Waals surface area contributed by atoms with Crippen molar-refractivity contribution in [2.24, 2.45) is 17.6 Å². The molecule has 0 radical (unpaired) electrons. The third-order valence-electron chi connectivity index (χ3n) is 6.00. The molecule has 142 valence electrons. The van der Waals surface area contributed by atoms with Crippen LogP contribution in [0.4, 0.5) is 0 Å². The summed E-state index contributed by atoms with van der Waals surface area (Å²) in [6, 6.07) is 10.6. The Morgan fingerprint density at radius 1 is 0.962 bits per heavy atom. The molecule has 2 N–H and O–H groups in total. The van der Waals surface area contributed by atoms with Gasteiger partial charge < -0.3 is 10.6 Å². The number of primary amides is 1. The number of amides is 2. The quantitative estimate of drug-likeness (QED) is 0.847. The van der Waals surface area contributed by atoms with Crippen molar-refractivity contribution in [1.29, 1.82) is 0 Å². The van der Waals surface area contributed by atoms with E-state index in [4.69, 9.17) is 5.73 Å². The van der Waals surface area contributed by atoms with Crippen LogP contribution in [0.3, 0.4) is 0 Å². The van der Waals surface area contributed by atoms with Crippen LogP contribution >= 0.6 is 0 Å². The maximum absolute atomic E-state index is 12.6. The van der Waals surface area contributed by atoms with Crippen molar-refractivity contribution < 1.29 is 9.59 Å². The molecule has 0 atom stereocenters. The van der Waals surface area contributed by atoms with Gasteiger partial charge in [-0.25, -0.2) is 0 Å². The molecule has 3 rings (SSSR count). The summed E-state index contributed by atoms with van der Waals surface area (Å²) in [5.74, 6) is 0.755. The molecule has 2 fully saturated rings. The van der Waals surface area contributed by atoms with Gasteiger partial charge in [-0.15, -0.1) is 0 Å². The largest absolute Gasteiger partial charge is 0.369 e. The minimum absolute atomic E-state index is 0.0123. The maximum atomic E-state index is 12.6. The van der Waals surface area contributed by atoms with Crippen molar-refractivity contribution >= 4 is 11.8 Å². The molecule has 5 heteroatoms. The van der Waals surface area contributed by atoms with Gasteiger partial charge in [0.15, 0.2) is 0 Å². The Kier molecular flexibility index (Phi) is 6.67. The lowest BCUT2D eigenvalue weighted by molar-refractivity contribution is -0.134. The number of hydrogen-bond donors (Lipinski definition) is 1. The summed E-state index contributed by atoms with van der Waals surface area (Å²) < 4.78 is 0. The van der Waals surface area contributed by atoms with E-state index in [1.165, 1.54) is 12.0 Å². The molecule has 0 aromatic heterocycles. The molecule has 1 aromatic carbocycles. The fourth-order valence-electron chi connectivity index (χ4n) is 4.15. The summed E-state index contributed by atoms with van der Waals surface area (Å²) in [5.41, 5.74) is 6.78. The second-order valence-electron chi connectivity index (χ2n) is 7.80. The standard InChI is InChI=1S/C21H31N3O2/c22-21(26)19-10-12-23(13-11-19)16-20(25)24-14-8-18(9-15-24)7-6-17-4-2-1-3-5-17/h1-5,18-19H,6-16H2,(H2,22,26). The van der Waals surface area contributed by atoms with E-state index in [1.807, 2.05) is 4.90 Å². The van der Waals surface area contributed by atoms with E-state index in [9.17, 15) is 9.59 Å². The van der Waals surface area contributed by atoms with E-state index < -0.39 is 0 Å². The zero-order chi connectivity index (χ0) is 18.4. The Morgan fingerprint density at radius 3 is 2.23 bits per heavy atom. The van der Waals surface area contributed by atoms with Crippen molar-refractivity contribution in [2.75, 3.05) is 32.7 Å². The molecule has 0 saturated carbocycles. The van der Waals surface area contributed by atoms with Gasteiger partial charge in [-0.1, -0.05) is 30.3 Å². The van der Waals surface area contributed by atoms with Crippen LogP contribution in [0, 0.1) is 11.8 Å². The van der Waals surface area contributed by atoms with Gasteiger partial charge in [0.2, 0.25) is 11.8 Å². The molecule has 0 unspecified atom stereocenters. The Hall–Kier alpha value is -1.88. The number of nitrogens with zero attached hydrogens (tertiary/aromatic N) is 2. The monoisotopic (exact) mass is 357 g/mol. The topological polar surface area (TPSA) is 66.6 Å². The smallest absolute Gasteiger partial charge is 0.236 e. The van der Waals surface area contributed by atoms with E-state index >= 15 is 0 Å². The maximum Gasteiger partial charge on any atom is 0.236 e. The third kappa shape index (κ3) is 5.31. The molecule has 2 aliphatic rings. The summed E-state index contributed by atoms with van der Waals surface area (Å²) in [5, 5.41) is 0. The zero-order valence-corrected chi connectivity index (χ0v) is 15.6. The van der Waals surface area contributed by atoms with Crippen LogP contribution in [0.5, 0.6) is 0 Å². The molecule has 5 nitrogen and oxygen atoms in total. The number of hydrogen-bond acceptors (Lipinski definition) is 3. The van der Waals surface area contributed by atoms with Gasteiger partial charge in [-0.3, -0.25) is 14.5 Å². The fraction of sp³-hybridized carbons (Fsp3) is 0.619. The van der Waals surface area contributed by atoms with Gasteiger partial charge in [0.05, 0.1) is 6.54 Å². The van der Waals surface area contributed by atoms with Crippen LogP contribution < -0.4 is 5.73 Å². The zero-order valence-electron chi connectivity index (χ0n) is 15.6. The number of rotatable bonds is 6. The first-order chi connectivity index (χ1) is 12.6. The number of benzene rings is 1. The van der Waals surface area contributed by atoms with Crippen molar-refractivity contribution in [3.05, 3.63) is 35.9 Å². The number of likely N-dealkylation sites (tertiary alicyclic amines) is 2. The van der Waals surface area contributed by atoms with Gasteiger partial charge in [0.25, 0.3) is 0 Å². The lowest BCUT2D eigenvalue weighted by Gasteiger charge is -2.35. The molecule has 26 heavy (non-hydrogen) atoms. The number of aryl methyl sites for hydroxylation is 1. The van der Waals surface area contributed by atoms with Crippen LogP contribution in [-0.4, -0.2) is 54.3 Å². The molecule has 1 aromatic rings. The van der Waals surface area contributed by atoms with E-state index in [0.29, 0.717) is 6.54 Å². The summed E-state index contributed by atoms with van der Waals surface area (Å²) in [6.07, 6.45) is 6.14. The molecule has 0 aliphatic carbocycles. The average Bonchev–Trinajstić information content (AvgIpc) is 2.68. The number of carbonyl (C=O) groups is 2. The van der Waals surface area contributed by atoms with E-state index in [0.717, 1.165) is 64.2 Å². The molecule has 2 heterocycles. The van der Waals surface area contributed by atoms with Gasteiger partial charge in [-0.05, 0) is 63.1 Å². The molecular formula is C21H31N3O2. The Morgan fingerprint density at radius 2 is 1.62 bits per heavy atom. The van der Waals surface area contributed by atoms with Crippen molar-refractivity contribution in [3.63, 3.8) is 0 Å². The molecule has 2 amide bonds. The lowest BCUT2D eigenvalue weighted by Crippen LogP contribution is -2.47. The van der Waals surface area contributed by atoms with Crippen molar-refractivity contribution in [1.82, 2.24) is 9.80 Å². The van der Waals surface area contributed by atoms with Crippen molar-refractivity contribution in [3.8, 4) is 0 Å². The molecular weight excluding hydrogens is 326 g/mol. The van der Waals surface area contributed by atoms with Crippen LogP contribution in [0.15, 0.2) is 30.3 Å². The highest BCUT2D eigenvalue weighted by Crippen LogP contribution is 2.23. The highest BCUT2D eigenvalue weighted by Gasteiger charge is 2.27. The Bertz CT molecular complexity index is 589. The summed E-state index contributed by atoms with van der Waals surface area (Å²) in [4.78, 5) is 28.0. The van der Waals surface area contributed by atoms with E-state index in [-0.39, 0.29) is 17.7 Å². The molecule has 0 spiro atoms. The van der Waals surface area contributed by atoms with Crippen molar-refractivity contribution in [2.45, 2.75) is 38.5 Å². The number of carbonyl (C=O) groups excluding carboxylic acids is 2. The normalized spacial score (nSPS) is 20.2. The second kappa shape index (κ2) is 9.17. The predicted molar refractivity (Wildman–Crippen MR) is 102 cm³/mol. The highest BCUT2D eigenvalue weighted by atomic mass is 16.2. The molecule has 2 saturated heterocycles. The van der Waals surface area contributed by atoms with Gasteiger partial charge in [0, 0.05) is 19.0 Å². The SMILES string of the molecule is NC(=O)C1CCN(CC(=O)N2CCC(CCc3ccccc3)CC2)CC1. The van der Waals surface area contributed by atoms with E-state index in [2.05, 4.69) is 35.2 Å². The first-order valence-electron chi connectivity index (χ1n) is 9.95. The average molecular weight is 357 g/mol. The van der Waals surface area contributed by atoms with Crippen LogP contribution in [0.2, 0.25) is 0 Å². The van der Waals surface area contributed by atoms with Crippen LogP contribution in [0.25, 0.3) is 0 Å². The highest BCUT2D eigenvalue weighted by molar-refractivity contribution is 5.78. The van der Waals surface area contributed by atoms with Gasteiger partial charge in [-0.2, -0.15) is 0 Å². The number of piperidine rings is 2. The minimum atomic E-state index is -0.200. The summed E-state index contributed by atoms with van der Waals surface area (Å²) in [6.45, 7) is 3.85. The predicted octanol–water partition coefficient (Wildman–Crippen LogP) is 2.06. The minimum Gasteiger partial charge on any atom is -0.369 e. The van der Waals surface area contributed by atoms with Gasteiger partial charge >= 0.3 is 0 Å². The van der Waals surface area contributed by atoms with E-state index in [1.54, 1.807) is 0 Å². The number of nitrogens with two attached hydrogens (primary N) is 1. The first-order valence-corrected chi connectivity index (χ1v) is 9.95. The fourth-order valence-corrected chi connectivity index (χ4v) is 4.15. The summed E-state index contributed by atoms with van der Waals surface area (Å²) in [7, 11) is 0. The third-order valence-corrected chi connectivity index (χ3v) is 6.00. The first kappa shape index (κ1) is 18.9. The van der Waals surface area contributed by atoms with Gasteiger partial charge in [0.1, 0.15) is 0 Å². The molecule has 0 bridgehead atoms.